The van der Waals surface area contributed by atoms with Crippen molar-refractivity contribution >= 4 is 5.69 Å². The lowest BCUT2D eigenvalue weighted by Crippen LogP contribution is -2.00. The molecule has 0 atom stereocenters. The summed E-state index contributed by atoms with van der Waals surface area (Å²) in [5.41, 5.74) is 2.24. The van der Waals surface area contributed by atoms with Gasteiger partial charge in [-0.2, -0.15) is 0 Å². The normalized spacial score (nSPS) is 14.0. The molecule has 1 N–H and O–H groups in total. The standard InChI is InChI=1S/C12H11N/c1-3-7-11(8-4-1)13-12-9-5-2-6-10-12/h1-10,13H/q+2. The third kappa shape index (κ3) is 2.09. The third-order valence-electron chi connectivity index (χ3n) is 1.84. The molecule has 0 aromatic heterocycles. The largest absolute Gasteiger partial charge is 0.280 e. The van der Waals surface area contributed by atoms with Gasteiger partial charge in [-0.15, -0.1) is 0 Å². The van der Waals surface area contributed by atoms with Crippen LogP contribution in [0.2, 0.25) is 0 Å². The molecule has 0 radical (unpaired) electrons. The molecule has 2 rings (SSSR count). The minimum absolute atomic E-state index is 1.12. The molecule has 13 heavy (non-hydrogen) atoms. The lowest BCUT2D eigenvalue weighted by Gasteiger charge is -1.99. The highest BCUT2D eigenvalue weighted by Gasteiger charge is 2.14. The SMILES string of the molecule is C1=C[CH+]C(Nc2ccccc2)=C[CH+]1. The van der Waals surface area contributed by atoms with E-state index in [1.807, 2.05) is 61.4 Å². The molecule has 0 saturated heterocycles. The third-order valence-corrected chi connectivity index (χ3v) is 1.84. The maximum absolute atomic E-state index is 3.30. The first-order chi connectivity index (χ1) is 6.45. The molecule has 0 aliphatic heterocycles. The summed E-state index contributed by atoms with van der Waals surface area (Å²) in [6.45, 7) is 0. The fourth-order valence-corrected chi connectivity index (χ4v) is 1.21. The Hall–Kier alpha value is -1.76. The Labute approximate surface area is 78.8 Å². The van der Waals surface area contributed by atoms with Crippen LogP contribution in [0.15, 0.2) is 54.3 Å². The molecule has 1 aliphatic carbocycles. The number of anilines is 1. The fraction of sp³-hybridized carbons (Fsp3) is 0. The van der Waals surface area contributed by atoms with E-state index in [9.17, 15) is 0 Å². The van der Waals surface area contributed by atoms with Gasteiger partial charge in [0.25, 0.3) is 5.70 Å². The molecule has 1 heteroatoms. The second kappa shape index (κ2) is 3.76. The molecule has 1 nitrogen and oxygen atoms in total. The second-order valence-electron chi connectivity index (χ2n) is 2.86. The van der Waals surface area contributed by atoms with Gasteiger partial charge in [0.2, 0.25) is 0 Å². The molecule has 0 saturated carbocycles. The second-order valence-corrected chi connectivity index (χ2v) is 2.86. The van der Waals surface area contributed by atoms with Gasteiger partial charge >= 0.3 is 0 Å². The summed E-state index contributed by atoms with van der Waals surface area (Å²) in [6.07, 6.45) is 10.1. The first kappa shape index (κ1) is 7.87. The van der Waals surface area contributed by atoms with Crippen LogP contribution in [0.4, 0.5) is 5.69 Å². The minimum Gasteiger partial charge on any atom is -0.280 e. The van der Waals surface area contributed by atoms with Crippen molar-refractivity contribution in [2.24, 2.45) is 0 Å². The van der Waals surface area contributed by atoms with Gasteiger partial charge in [0.15, 0.2) is 25.0 Å². The monoisotopic (exact) mass is 169 g/mol. The van der Waals surface area contributed by atoms with Gasteiger partial charge in [-0.25, -0.2) is 0 Å². The first-order valence-corrected chi connectivity index (χ1v) is 4.32. The van der Waals surface area contributed by atoms with Crippen LogP contribution >= 0.6 is 0 Å². The number of hydrogen-bond acceptors (Lipinski definition) is 1. The Balaban J connectivity index is 2.02. The Morgan fingerprint density at radius 1 is 1.00 bits per heavy atom. The van der Waals surface area contributed by atoms with Gasteiger partial charge in [0.05, 0.1) is 5.69 Å². The Morgan fingerprint density at radius 3 is 2.54 bits per heavy atom. The fourth-order valence-electron chi connectivity index (χ4n) is 1.21. The zero-order chi connectivity index (χ0) is 8.93. The number of allylic oxidation sites excluding steroid dienone is 3. The van der Waals surface area contributed by atoms with Gasteiger partial charge in [0.1, 0.15) is 6.08 Å². The first-order valence-electron chi connectivity index (χ1n) is 4.32. The highest BCUT2D eigenvalue weighted by Crippen LogP contribution is 2.14. The van der Waals surface area contributed by atoms with Crippen LogP contribution in [0.1, 0.15) is 0 Å². The molecule has 0 fully saturated rings. The van der Waals surface area contributed by atoms with E-state index < -0.39 is 0 Å². The van der Waals surface area contributed by atoms with Gasteiger partial charge < -0.3 is 0 Å². The van der Waals surface area contributed by atoms with Crippen LogP contribution in [0.5, 0.6) is 0 Å². The molecule has 62 valence electrons. The lowest BCUT2D eigenvalue weighted by molar-refractivity contribution is 1.37. The summed E-state index contributed by atoms with van der Waals surface area (Å²) in [5, 5.41) is 3.30. The zero-order valence-electron chi connectivity index (χ0n) is 7.27. The number of benzene rings is 1. The summed E-state index contributed by atoms with van der Waals surface area (Å²) < 4.78 is 0. The molecular weight excluding hydrogens is 158 g/mol. The summed E-state index contributed by atoms with van der Waals surface area (Å²) in [4.78, 5) is 0. The highest BCUT2D eigenvalue weighted by atomic mass is 14.9. The van der Waals surface area contributed by atoms with Crippen molar-refractivity contribution in [3.8, 4) is 0 Å². The number of hydrogen-bond donors (Lipinski definition) is 1. The van der Waals surface area contributed by atoms with E-state index in [-0.39, 0.29) is 0 Å². The van der Waals surface area contributed by atoms with Gasteiger partial charge in [-0.1, -0.05) is 18.2 Å². The quantitative estimate of drug-likeness (QED) is 0.671. The van der Waals surface area contributed by atoms with Crippen molar-refractivity contribution in [3.05, 3.63) is 67.1 Å². The van der Waals surface area contributed by atoms with E-state index in [1.165, 1.54) is 0 Å². The van der Waals surface area contributed by atoms with E-state index in [0.29, 0.717) is 0 Å². The smallest absolute Gasteiger partial charge is 0.253 e. The Bertz CT molecular complexity index is 322. The van der Waals surface area contributed by atoms with Crippen molar-refractivity contribution in [3.63, 3.8) is 0 Å². The summed E-state index contributed by atoms with van der Waals surface area (Å²) in [7, 11) is 0. The average molecular weight is 169 g/mol. The molecule has 1 aromatic rings. The lowest BCUT2D eigenvalue weighted by atomic mass is 10.1. The number of para-hydroxylation sites is 1. The maximum Gasteiger partial charge on any atom is 0.253 e. The Kier molecular flexibility index (Phi) is 2.28. The maximum atomic E-state index is 3.30. The van der Waals surface area contributed by atoms with Crippen LogP contribution < -0.4 is 5.32 Å². The van der Waals surface area contributed by atoms with Crippen molar-refractivity contribution in [2.75, 3.05) is 5.32 Å². The molecule has 0 amide bonds. The topological polar surface area (TPSA) is 12.0 Å². The molecule has 1 aliphatic rings. The van der Waals surface area contributed by atoms with Gasteiger partial charge in [0, 0.05) is 0 Å². The molecular formula is C12H11N+2. The predicted molar refractivity (Wildman–Crippen MR) is 55.9 cm³/mol. The molecule has 0 heterocycles. The molecule has 0 unspecified atom stereocenters. The van der Waals surface area contributed by atoms with Crippen molar-refractivity contribution in [1.29, 1.82) is 0 Å². The van der Waals surface area contributed by atoms with E-state index in [1.54, 1.807) is 0 Å². The van der Waals surface area contributed by atoms with E-state index in [0.717, 1.165) is 11.4 Å². The van der Waals surface area contributed by atoms with E-state index in [4.69, 9.17) is 0 Å². The van der Waals surface area contributed by atoms with Gasteiger partial charge in [-0.3, -0.25) is 5.32 Å². The van der Waals surface area contributed by atoms with Crippen molar-refractivity contribution in [1.82, 2.24) is 0 Å². The highest BCUT2D eigenvalue weighted by molar-refractivity contribution is 5.52. The van der Waals surface area contributed by atoms with Crippen LogP contribution in [0, 0.1) is 12.8 Å². The molecule has 0 spiro atoms. The van der Waals surface area contributed by atoms with Crippen LogP contribution in [-0.2, 0) is 0 Å². The zero-order valence-corrected chi connectivity index (χ0v) is 7.27. The summed E-state index contributed by atoms with van der Waals surface area (Å²) in [5.74, 6) is 0. The van der Waals surface area contributed by atoms with E-state index in [2.05, 4.69) is 5.32 Å². The Morgan fingerprint density at radius 2 is 1.85 bits per heavy atom. The van der Waals surface area contributed by atoms with Crippen molar-refractivity contribution in [2.45, 2.75) is 0 Å². The van der Waals surface area contributed by atoms with Gasteiger partial charge in [-0.05, 0) is 12.1 Å². The van der Waals surface area contributed by atoms with E-state index >= 15 is 0 Å². The van der Waals surface area contributed by atoms with Crippen molar-refractivity contribution < 1.29 is 0 Å². The molecule has 0 bridgehead atoms. The average Bonchev–Trinajstić information content (AvgIpc) is 2.21. The summed E-state index contributed by atoms with van der Waals surface area (Å²) in [6, 6.07) is 10.1. The molecule has 1 aromatic carbocycles. The summed E-state index contributed by atoms with van der Waals surface area (Å²) >= 11 is 0. The van der Waals surface area contributed by atoms with Crippen LogP contribution in [0.25, 0.3) is 0 Å². The van der Waals surface area contributed by atoms with Crippen LogP contribution in [0.3, 0.4) is 0 Å². The number of nitrogens with one attached hydrogen (secondary N) is 1. The van der Waals surface area contributed by atoms with Crippen LogP contribution in [-0.4, -0.2) is 0 Å². The predicted octanol–water partition coefficient (Wildman–Crippen LogP) is 2.96. The number of rotatable bonds is 2. The minimum atomic E-state index is 1.12.